The lowest BCUT2D eigenvalue weighted by Gasteiger charge is -2.17. The van der Waals surface area contributed by atoms with Gasteiger partial charge >= 0.3 is 6.18 Å². The summed E-state index contributed by atoms with van der Waals surface area (Å²) in [4.78, 5) is 8.12. The van der Waals surface area contributed by atoms with Crippen LogP contribution in [-0.4, -0.2) is 30.0 Å². The molecule has 0 saturated carbocycles. The zero-order valence-corrected chi connectivity index (χ0v) is 18.0. The van der Waals surface area contributed by atoms with E-state index in [2.05, 4.69) is 20.2 Å². The number of rotatable bonds is 6. The maximum absolute atomic E-state index is 12.7. The molecule has 0 fully saturated rings. The van der Waals surface area contributed by atoms with Crippen LogP contribution in [-0.2, 0) is 25.4 Å². The maximum atomic E-state index is 12.7. The van der Waals surface area contributed by atoms with Crippen molar-refractivity contribution in [2.75, 3.05) is 0 Å². The summed E-state index contributed by atoms with van der Waals surface area (Å²) in [7, 11) is 1.69. The SMILES string of the molecule is Cn1ncc(-c2nc(-c3ccc(C(C)(C)O)cc3)no2)c1COc1ccc(C(F)(F)F)cn1. The van der Waals surface area contributed by atoms with Gasteiger partial charge in [-0.25, -0.2) is 4.98 Å². The second-order valence-corrected chi connectivity index (χ2v) is 7.86. The number of halogens is 3. The number of aryl methyl sites for hydroxylation is 1. The van der Waals surface area contributed by atoms with Gasteiger partial charge in [0.1, 0.15) is 6.61 Å². The van der Waals surface area contributed by atoms with Gasteiger partial charge in [0.15, 0.2) is 0 Å². The third-order valence-corrected chi connectivity index (χ3v) is 4.99. The predicted molar refractivity (Wildman–Crippen MR) is 111 cm³/mol. The molecule has 0 aliphatic carbocycles. The lowest BCUT2D eigenvalue weighted by atomic mass is 9.97. The topological polar surface area (TPSA) is 99.1 Å². The van der Waals surface area contributed by atoms with E-state index in [-0.39, 0.29) is 18.4 Å². The first-order chi connectivity index (χ1) is 15.5. The van der Waals surface area contributed by atoms with E-state index >= 15 is 0 Å². The molecule has 1 aromatic carbocycles. The number of aromatic nitrogens is 5. The highest BCUT2D eigenvalue weighted by molar-refractivity contribution is 5.61. The van der Waals surface area contributed by atoms with E-state index in [0.717, 1.165) is 17.7 Å². The molecule has 0 saturated heterocycles. The fourth-order valence-electron chi connectivity index (χ4n) is 3.07. The Balaban J connectivity index is 1.52. The van der Waals surface area contributed by atoms with Crippen molar-refractivity contribution in [3.63, 3.8) is 0 Å². The maximum Gasteiger partial charge on any atom is 0.417 e. The normalized spacial score (nSPS) is 12.2. The summed E-state index contributed by atoms with van der Waals surface area (Å²) in [5.74, 6) is 0.601. The molecule has 4 aromatic rings. The van der Waals surface area contributed by atoms with E-state index in [4.69, 9.17) is 9.26 Å². The minimum absolute atomic E-state index is 0.0256. The van der Waals surface area contributed by atoms with Gasteiger partial charge in [-0.3, -0.25) is 4.68 Å². The monoisotopic (exact) mass is 459 g/mol. The largest absolute Gasteiger partial charge is 0.471 e. The highest BCUT2D eigenvalue weighted by Crippen LogP contribution is 2.30. The molecule has 33 heavy (non-hydrogen) atoms. The van der Waals surface area contributed by atoms with E-state index < -0.39 is 17.3 Å². The Morgan fingerprint density at radius 2 is 1.73 bits per heavy atom. The van der Waals surface area contributed by atoms with Crippen LogP contribution in [0.3, 0.4) is 0 Å². The van der Waals surface area contributed by atoms with Crippen molar-refractivity contribution in [1.82, 2.24) is 24.9 Å². The Morgan fingerprint density at radius 3 is 2.33 bits per heavy atom. The van der Waals surface area contributed by atoms with Gasteiger partial charge in [0.05, 0.1) is 28.6 Å². The van der Waals surface area contributed by atoms with Gasteiger partial charge < -0.3 is 14.4 Å². The Bertz CT molecular complexity index is 1240. The van der Waals surface area contributed by atoms with Crippen LogP contribution in [0.25, 0.3) is 22.8 Å². The van der Waals surface area contributed by atoms with Crippen molar-refractivity contribution in [1.29, 1.82) is 0 Å². The molecule has 0 aliphatic rings. The van der Waals surface area contributed by atoms with Crippen LogP contribution in [0.1, 0.15) is 30.7 Å². The summed E-state index contributed by atoms with van der Waals surface area (Å²) >= 11 is 0. The average Bonchev–Trinajstić information content (AvgIpc) is 3.38. The van der Waals surface area contributed by atoms with E-state index in [1.54, 1.807) is 49.8 Å². The first kappa shape index (κ1) is 22.5. The Labute approximate surface area is 186 Å². The first-order valence-electron chi connectivity index (χ1n) is 9.86. The molecule has 4 rings (SSSR count). The van der Waals surface area contributed by atoms with Crippen molar-refractivity contribution in [3.05, 3.63) is 65.6 Å². The quantitative estimate of drug-likeness (QED) is 0.457. The van der Waals surface area contributed by atoms with E-state index in [1.165, 1.54) is 6.20 Å². The van der Waals surface area contributed by atoms with Crippen LogP contribution < -0.4 is 4.74 Å². The molecule has 172 valence electrons. The van der Waals surface area contributed by atoms with Gasteiger partial charge in [-0.2, -0.15) is 23.3 Å². The first-order valence-corrected chi connectivity index (χ1v) is 9.86. The molecule has 1 N–H and O–H groups in total. The molecule has 0 unspecified atom stereocenters. The van der Waals surface area contributed by atoms with Gasteiger partial charge in [-0.05, 0) is 25.5 Å². The Hall–Kier alpha value is -3.73. The lowest BCUT2D eigenvalue weighted by Crippen LogP contribution is -2.14. The average molecular weight is 459 g/mol. The van der Waals surface area contributed by atoms with E-state index in [0.29, 0.717) is 28.8 Å². The summed E-state index contributed by atoms with van der Waals surface area (Å²) in [5.41, 5.74) is 0.728. The standard InChI is InChI=1S/C22H20F3N5O3/c1-21(2,31)14-6-4-13(5-7-14)19-28-20(33-29-19)16-11-27-30(3)17(16)12-32-18-9-8-15(10-26-18)22(23,24)25/h4-11,31H,12H2,1-3H3. The molecule has 0 bridgehead atoms. The summed E-state index contributed by atoms with van der Waals surface area (Å²) in [6.07, 6.45) is -2.22. The van der Waals surface area contributed by atoms with Crippen LogP contribution in [0.15, 0.2) is 53.3 Å². The molecule has 0 atom stereocenters. The number of benzene rings is 1. The third kappa shape index (κ3) is 4.87. The second kappa shape index (κ2) is 8.32. The number of pyridine rings is 1. The molecule has 0 radical (unpaired) electrons. The second-order valence-electron chi connectivity index (χ2n) is 7.86. The van der Waals surface area contributed by atoms with Crippen molar-refractivity contribution < 1.29 is 27.5 Å². The molecule has 3 aromatic heterocycles. The summed E-state index contributed by atoms with van der Waals surface area (Å²) in [6.45, 7) is 3.36. The Morgan fingerprint density at radius 1 is 1.03 bits per heavy atom. The van der Waals surface area contributed by atoms with Gasteiger partial charge in [-0.1, -0.05) is 29.4 Å². The molecule has 0 amide bonds. The van der Waals surface area contributed by atoms with Gasteiger partial charge in [0, 0.05) is 24.9 Å². The number of aliphatic hydroxyl groups is 1. The summed E-state index contributed by atoms with van der Waals surface area (Å²) in [5, 5.41) is 18.3. The van der Waals surface area contributed by atoms with Crippen LogP contribution in [0, 0.1) is 0 Å². The smallest absolute Gasteiger partial charge is 0.417 e. The zero-order valence-electron chi connectivity index (χ0n) is 18.0. The van der Waals surface area contributed by atoms with E-state index in [1.807, 2.05) is 0 Å². The number of hydrogen-bond donors (Lipinski definition) is 1. The van der Waals surface area contributed by atoms with Crippen molar-refractivity contribution in [2.24, 2.45) is 7.05 Å². The lowest BCUT2D eigenvalue weighted by molar-refractivity contribution is -0.137. The summed E-state index contributed by atoms with van der Waals surface area (Å²) in [6, 6.07) is 9.19. The van der Waals surface area contributed by atoms with Crippen molar-refractivity contribution in [2.45, 2.75) is 32.2 Å². The molecule has 11 heteroatoms. The zero-order chi connectivity index (χ0) is 23.8. The minimum atomic E-state index is -4.47. The Kier molecular flexibility index (Phi) is 5.66. The molecular formula is C22H20F3N5O3. The van der Waals surface area contributed by atoms with Crippen LogP contribution >= 0.6 is 0 Å². The number of hydrogen-bond acceptors (Lipinski definition) is 7. The minimum Gasteiger partial charge on any atom is -0.471 e. The fourth-order valence-corrected chi connectivity index (χ4v) is 3.07. The number of nitrogens with zero attached hydrogens (tertiary/aromatic N) is 5. The van der Waals surface area contributed by atoms with Crippen molar-refractivity contribution >= 4 is 0 Å². The van der Waals surface area contributed by atoms with Crippen LogP contribution in [0.5, 0.6) is 5.88 Å². The van der Waals surface area contributed by atoms with E-state index in [9.17, 15) is 18.3 Å². The van der Waals surface area contributed by atoms with Gasteiger partial charge in [-0.15, -0.1) is 0 Å². The van der Waals surface area contributed by atoms with Crippen LogP contribution in [0.4, 0.5) is 13.2 Å². The molecule has 8 nitrogen and oxygen atoms in total. The van der Waals surface area contributed by atoms with Gasteiger partial charge in [0.25, 0.3) is 5.89 Å². The van der Waals surface area contributed by atoms with Crippen LogP contribution in [0.2, 0.25) is 0 Å². The number of alkyl halides is 3. The highest BCUT2D eigenvalue weighted by atomic mass is 19.4. The predicted octanol–water partition coefficient (Wildman–Crippen LogP) is 4.36. The molecular weight excluding hydrogens is 439 g/mol. The number of ether oxygens (including phenoxy) is 1. The third-order valence-electron chi connectivity index (χ3n) is 4.99. The highest BCUT2D eigenvalue weighted by Gasteiger charge is 2.30. The van der Waals surface area contributed by atoms with Gasteiger partial charge in [0.2, 0.25) is 11.7 Å². The van der Waals surface area contributed by atoms with Crippen molar-refractivity contribution in [3.8, 4) is 28.7 Å². The summed E-state index contributed by atoms with van der Waals surface area (Å²) < 4.78 is 50.6. The fraction of sp³-hybridized carbons (Fsp3) is 0.273. The molecule has 0 aliphatic heterocycles. The molecule has 3 heterocycles. The molecule has 0 spiro atoms.